The molecule has 92 valence electrons. The SMILES string of the molecule is CC1=CN(C)C2=C(C)NN(c3ccccc3)C2=C1. The van der Waals surface area contributed by atoms with Gasteiger partial charge >= 0.3 is 0 Å². The van der Waals surface area contributed by atoms with Gasteiger partial charge in [0.2, 0.25) is 0 Å². The summed E-state index contributed by atoms with van der Waals surface area (Å²) >= 11 is 0. The maximum Gasteiger partial charge on any atom is 0.0888 e. The molecular formula is C15H17N3. The maximum atomic E-state index is 3.43. The second-order valence-electron chi connectivity index (χ2n) is 4.77. The fraction of sp³-hybridized carbons (Fsp3) is 0.200. The number of hydrogen-bond donors (Lipinski definition) is 1. The van der Waals surface area contributed by atoms with E-state index in [1.165, 1.54) is 22.7 Å². The normalized spacial score (nSPS) is 18.4. The quantitative estimate of drug-likeness (QED) is 0.812. The lowest BCUT2D eigenvalue weighted by molar-refractivity contribution is 0.565. The lowest BCUT2D eigenvalue weighted by Gasteiger charge is -2.27. The van der Waals surface area contributed by atoms with E-state index >= 15 is 0 Å². The van der Waals surface area contributed by atoms with E-state index in [9.17, 15) is 0 Å². The Bertz CT molecular complexity index is 567. The third kappa shape index (κ3) is 1.59. The first-order valence-corrected chi connectivity index (χ1v) is 6.13. The second kappa shape index (κ2) is 3.95. The molecule has 3 rings (SSSR count). The van der Waals surface area contributed by atoms with E-state index in [4.69, 9.17) is 0 Å². The van der Waals surface area contributed by atoms with Gasteiger partial charge in [0.15, 0.2) is 0 Å². The van der Waals surface area contributed by atoms with E-state index in [2.05, 4.69) is 72.8 Å². The van der Waals surface area contributed by atoms with E-state index in [0.717, 1.165) is 5.69 Å². The van der Waals surface area contributed by atoms with Crippen LogP contribution in [0, 0.1) is 0 Å². The van der Waals surface area contributed by atoms with Gasteiger partial charge in [0.25, 0.3) is 0 Å². The van der Waals surface area contributed by atoms with Gasteiger partial charge in [-0.2, -0.15) is 0 Å². The number of nitrogens with one attached hydrogen (secondary N) is 1. The van der Waals surface area contributed by atoms with Crippen LogP contribution in [0.15, 0.2) is 65.3 Å². The molecule has 2 aliphatic rings. The largest absolute Gasteiger partial charge is 0.348 e. The summed E-state index contributed by atoms with van der Waals surface area (Å²) < 4.78 is 0. The first-order valence-electron chi connectivity index (χ1n) is 6.13. The van der Waals surface area contributed by atoms with Gasteiger partial charge in [0.1, 0.15) is 0 Å². The molecule has 0 radical (unpaired) electrons. The highest BCUT2D eigenvalue weighted by Gasteiger charge is 2.29. The molecule has 0 unspecified atom stereocenters. The third-order valence-electron chi connectivity index (χ3n) is 3.25. The number of anilines is 1. The molecule has 0 bridgehead atoms. The third-order valence-corrected chi connectivity index (χ3v) is 3.25. The van der Waals surface area contributed by atoms with Gasteiger partial charge in [-0.3, -0.25) is 10.4 Å². The lowest BCUT2D eigenvalue weighted by atomic mass is 10.1. The van der Waals surface area contributed by atoms with E-state index in [0.29, 0.717) is 0 Å². The molecule has 18 heavy (non-hydrogen) atoms. The van der Waals surface area contributed by atoms with Crippen molar-refractivity contribution in [3.05, 3.63) is 65.3 Å². The Morgan fingerprint density at radius 2 is 1.78 bits per heavy atom. The van der Waals surface area contributed by atoms with Crippen molar-refractivity contribution in [2.75, 3.05) is 12.1 Å². The van der Waals surface area contributed by atoms with Crippen molar-refractivity contribution in [1.82, 2.24) is 10.3 Å². The fourth-order valence-corrected chi connectivity index (χ4v) is 2.56. The van der Waals surface area contributed by atoms with Crippen molar-refractivity contribution >= 4 is 5.69 Å². The number of hydrazine groups is 1. The molecule has 3 heteroatoms. The summed E-state index contributed by atoms with van der Waals surface area (Å²) in [7, 11) is 2.09. The Labute approximate surface area is 108 Å². The summed E-state index contributed by atoms with van der Waals surface area (Å²) in [5.74, 6) is 0. The number of benzene rings is 1. The fourth-order valence-electron chi connectivity index (χ4n) is 2.56. The summed E-state index contributed by atoms with van der Waals surface area (Å²) in [5, 5.41) is 2.14. The minimum absolute atomic E-state index is 1.15. The summed E-state index contributed by atoms with van der Waals surface area (Å²) in [5.41, 5.74) is 9.47. The molecule has 2 heterocycles. The maximum absolute atomic E-state index is 3.43. The van der Waals surface area contributed by atoms with E-state index in [1.807, 2.05) is 6.07 Å². The molecule has 1 aromatic rings. The molecular weight excluding hydrogens is 222 g/mol. The van der Waals surface area contributed by atoms with Crippen LogP contribution in [0.5, 0.6) is 0 Å². The number of rotatable bonds is 1. The topological polar surface area (TPSA) is 18.5 Å². The van der Waals surface area contributed by atoms with Crippen molar-refractivity contribution < 1.29 is 0 Å². The number of fused-ring (bicyclic) bond motifs is 1. The number of para-hydroxylation sites is 1. The van der Waals surface area contributed by atoms with E-state index in [-0.39, 0.29) is 0 Å². The molecule has 2 aliphatic heterocycles. The van der Waals surface area contributed by atoms with Crippen LogP contribution in [0.2, 0.25) is 0 Å². The average molecular weight is 239 g/mol. The zero-order valence-electron chi connectivity index (χ0n) is 10.9. The van der Waals surface area contributed by atoms with Gasteiger partial charge in [-0.1, -0.05) is 18.2 Å². The molecule has 0 aromatic heterocycles. The van der Waals surface area contributed by atoms with Gasteiger partial charge in [-0.15, -0.1) is 0 Å². The van der Waals surface area contributed by atoms with E-state index in [1.54, 1.807) is 0 Å². The zero-order chi connectivity index (χ0) is 12.7. The molecule has 1 aromatic carbocycles. The van der Waals surface area contributed by atoms with Crippen LogP contribution < -0.4 is 10.4 Å². The molecule has 0 saturated heterocycles. The number of likely N-dealkylation sites (N-methyl/N-ethyl adjacent to an activating group) is 1. The van der Waals surface area contributed by atoms with Gasteiger partial charge in [0, 0.05) is 13.2 Å². The zero-order valence-corrected chi connectivity index (χ0v) is 10.9. The summed E-state index contributed by atoms with van der Waals surface area (Å²) in [4.78, 5) is 2.18. The summed E-state index contributed by atoms with van der Waals surface area (Å²) in [6.45, 7) is 4.23. The molecule has 0 atom stereocenters. The minimum Gasteiger partial charge on any atom is -0.348 e. The van der Waals surface area contributed by atoms with Crippen LogP contribution >= 0.6 is 0 Å². The molecule has 0 fully saturated rings. The van der Waals surface area contributed by atoms with Crippen LogP contribution in [0.25, 0.3) is 0 Å². The summed E-state index contributed by atoms with van der Waals surface area (Å²) in [6, 6.07) is 10.4. The van der Waals surface area contributed by atoms with Crippen LogP contribution in [0.1, 0.15) is 13.8 Å². The van der Waals surface area contributed by atoms with Crippen LogP contribution in [-0.4, -0.2) is 11.9 Å². The first-order chi connectivity index (χ1) is 8.66. The Kier molecular flexibility index (Phi) is 2.40. The number of nitrogens with zero attached hydrogens (tertiary/aromatic N) is 2. The molecule has 0 spiro atoms. The monoisotopic (exact) mass is 239 g/mol. The minimum atomic E-state index is 1.15. The second-order valence-corrected chi connectivity index (χ2v) is 4.77. The Hall–Kier alpha value is -2.16. The highest BCUT2D eigenvalue weighted by molar-refractivity contribution is 5.62. The predicted octanol–water partition coefficient (Wildman–Crippen LogP) is 2.98. The Morgan fingerprint density at radius 1 is 1.06 bits per heavy atom. The van der Waals surface area contributed by atoms with Gasteiger partial charge in [-0.05, 0) is 37.6 Å². The predicted molar refractivity (Wildman–Crippen MR) is 74.4 cm³/mol. The van der Waals surface area contributed by atoms with E-state index < -0.39 is 0 Å². The molecule has 0 saturated carbocycles. The van der Waals surface area contributed by atoms with Gasteiger partial charge in [0.05, 0.1) is 22.8 Å². The van der Waals surface area contributed by atoms with Crippen LogP contribution in [0.4, 0.5) is 5.69 Å². The Balaban J connectivity index is 2.06. The highest BCUT2D eigenvalue weighted by Crippen LogP contribution is 2.34. The first kappa shape index (κ1) is 11.0. The van der Waals surface area contributed by atoms with Crippen molar-refractivity contribution in [3.63, 3.8) is 0 Å². The van der Waals surface area contributed by atoms with Crippen molar-refractivity contribution in [1.29, 1.82) is 0 Å². The summed E-state index contributed by atoms with van der Waals surface area (Å²) in [6.07, 6.45) is 4.37. The standard InChI is InChI=1S/C15H17N3/c1-11-9-14-15(17(3)10-11)12(2)16-18(14)13-7-5-4-6-8-13/h4-10,16H,1-3H3. The number of hydrogen-bond acceptors (Lipinski definition) is 3. The lowest BCUT2D eigenvalue weighted by Crippen LogP contribution is -2.31. The molecule has 3 nitrogen and oxygen atoms in total. The van der Waals surface area contributed by atoms with Crippen molar-refractivity contribution in [2.45, 2.75) is 13.8 Å². The van der Waals surface area contributed by atoms with Crippen molar-refractivity contribution in [3.8, 4) is 0 Å². The van der Waals surface area contributed by atoms with Crippen LogP contribution in [0.3, 0.4) is 0 Å². The molecule has 1 N–H and O–H groups in total. The molecule has 0 aliphatic carbocycles. The molecule has 0 amide bonds. The number of allylic oxidation sites excluding steroid dienone is 3. The van der Waals surface area contributed by atoms with Crippen LogP contribution in [-0.2, 0) is 0 Å². The smallest absolute Gasteiger partial charge is 0.0888 e. The van der Waals surface area contributed by atoms with Gasteiger partial charge in [-0.25, -0.2) is 0 Å². The Morgan fingerprint density at radius 3 is 2.50 bits per heavy atom. The van der Waals surface area contributed by atoms with Gasteiger partial charge < -0.3 is 4.90 Å². The highest BCUT2D eigenvalue weighted by atomic mass is 15.6. The average Bonchev–Trinajstić information content (AvgIpc) is 2.67. The van der Waals surface area contributed by atoms with Crippen molar-refractivity contribution in [2.24, 2.45) is 0 Å².